The van der Waals surface area contributed by atoms with Gasteiger partial charge in [0.2, 0.25) is 0 Å². The molecule has 0 spiro atoms. The van der Waals surface area contributed by atoms with E-state index in [-0.39, 0.29) is 46.5 Å². The summed E-state index contributed by atoms with van der Waals surface area (Å²) in [5, 5.41) is 2.27. The van der Waals surface area contributed by atoms with Gasteiger partial charge in [0.05, 0.1) is 0 Å². The normalized spacial score (nSPS) is 14.8. The Bertz CT molecular complexity index is 297. The van der Waals surface area contributed by atoms with Crippen molar-refractivity contribution in [1.29, 1.82) is 0 Å². The first kappa shape index (κ1) is 22.9. The van der Waals surface area contributed by atoms with E-state index in [0.29, 0.717) is 0 Å². The molecule has 0 aliphatic heterocycles. The zero-order chi connectivity index (χ0) is 10.4. The van der Waals surface area contributed by atoms with Crippen LogP contribution >= 0.6 is 11.6 Å². The fourth-order valence-corrected chi connectivity index (χ4v) is 3.26. The van der Waals surface area contributed by atoms with Gasteiger partial charge in [-0.3, -0.25) is 12.2 Å². The summed E-state index contributed by atoms with van der Waals surface area (Å²) in [5.74, 6) is 0. The Morgan fingerprint density at radius 1 is 1.24 bits per heavy atom. The van der Waals surface area contributed by atoms with Gasteiger partial charge in [0, 0.05) is 8.80 Å². The number of halogens is 3. The molecule has 0 heterocycles. The van der Waals surface area contributed by atoms with Gasteiger partial charge >= 0.3 is 21.7 Å². The molecular formula is C12H15Cl3SiTi. The number of allylic oxidation sites excluding steroid dienone is 8. The van der Waals surface area contributed by atoms with Crippen molar-refractivity contribution in [3.8, 4) is 0 Å². The molecule has 0 aromatic rings. The third-order valence-corrected chi connectivity index (χ3v) is 4.21. The number of hydrogen-bond donors (Lipinski definition) is 0. The van der Waals surface area contributed by atoms with Crippen LogP contribution in [0.15, 0.2) is 34.5 Å². The van der Waals surface area contributed by atoms with Crippen LogP contribution in [0, 0.1) is 12.2 Å². The first-order chi connectivity index (χ1) is 6.72. The van der Waals surface area contributed by atoms with E-state index in [0.717, 1.165) is 17.9 Å². The maximum absolute atomic E-state index is 5.87. The van der Waals surface area contributed by atoms with Gasteiger partial charge in [0.15, 0.2) is 0 Å². The Morgan fingerprint density at radius 3 is 2.06 bits per heavy atom. The van der Waals surface area contributed by atoms with Crippen molar-refractivity contribution in [3.05, 3.63) is 46.7 Å². The molecule has 0 bridgehead atoms. The van der Waals surface area contributed by atoms with E-state index in [4.69, 9.17) is 11.6 Å². The van der Waals surface area contributed by atoms with Crippen LogP contribution in [0.4, 0.5) is 0 Å². The van der Waals surface area contributed by atoms with E-state index < -0.39 is 8.80 Å². The molecule has 5 heteroatoms. The van der Waals surface area contributed by atoms with Gasteiger partial charge in [-0.25, -0.2) is 28.9 Å². The predicted molar refractivity (Wildman–Crippen MR) is 65.8 cm³/mol. The molecule has 0 amide bonds. The third-order valence-electron chi connectivity index (χ3n) is 1.99. The second-order valence-corrected chi connectivity index (χ2v) is 6.80. The minimum absolute atomic E-state index is 0. The Kier molecular flexibility index (Phi) is 17.8. The summed E-state index contributed by atoms with van der Waals surface area (Å²) in [4.78, 5) is 0. The van der Waals surface area contributed by atoms with E-state index in [9.17, 15) is 0 Å². The summed E-state index contributed by atoms with van der Waals surface area (Å²) in [6.45, 7) is 4.54. The minimum Gasteiger partial charge on any atom is -1.00 e. The zero-order valence-corrected chi connectivity index (χ0v) is 14.9. The molecule has 2 aliphatic rings. The van der Waals surface area contributed by atoms with Crippen molar-refractivity contribution in [1.82, 2.24) is 0 Å². The molecule has 0 saturated heterocycles. The van der Waals surface area contributed by atoms with E-state index in [1.165, 1.54) is 5.20 Å². The van der Waals surface area contributed by atoms with Gasteiger partial charge in [-0.15, -0.1) is 17.9 Å². The molecule has 0 aromatic carbocycles. The van der Waals surface area contributed by atoms with Crippen LogP contribution in [-0.4, -0.2) is 8.80 Å². The Hall–Kier alpha value is 0.761. The second-order valence-electron chi connectivity index (χ2n) is 3.50. The van der Waals surface area contributed by atoms with Crippen LogP contribution in [0.2, 0.25) is 13.1 Å². The van der Waals surface area contributed by atoms with Crippen molar-refractivity contribution < 1.29 is 46.5 Å². The van der Waals surface area contributed by atoms with E-state index in [1.54, 1.807) is 0 Å². The summed E-state index contributed by atoms with van der Waals surface area (Å²) in [5.41, 5.74) is 0. The van der Waals surface area contributed by atoms with Gasteiger partial charge in [0.1, 0.15) is 0 Å². The van der Waals surface area contributed by atoms with Crippen LogP contribution in [0.1, 0.15) is 12.8 Å². The van der Waals surface area contributed by atoms with Gasteiger partial charge < -0.3 is 24.8 Å². The van der Waals surface area contributed by atoms with E-state index in [2.05, 4.69) is 31.3 Å². The first-order valence-electron chi connectivity index (χ1n) is 4.90. The second kappa shape index (κ2) is 13.2. The maximum Gasteiger partial charge on any atom is 4.00 e. The van der Waals surface area contributed by atoms with Gasteiger partial charge in [0.25, 0.3) is 0 Å². The molecule has 0 unspecified atom stereocenters. The molecular weight excluding hydrogens is 326 g/mol. The Balaban J connectivity index is -0.000000216. The zero-order valence-electron chi connectivity index (χ0n) is 9.93. The Labute approximate surface area is 139 Å². The smallest absolute Gasteiger partial charge is 1.00 e. The van der Waals surface area contributed by atoms with Crippen molar-refractivity contribution in [2.24, 2.45) is 0 Å². The standard InChI is InChI=1S/C7H10ClSi.C5H5.2ClH.Ti/c1-9(2)7-5-3-4-6(7)8;1-2-4-5-3-1;;;/h4,9H,3H2,1-2H3;1-3H,4H2;2*1H;/q2*-1;;;+4/p-2. The molecule has 0 aromatic heterocycles. The first-order valence-corrected chi connectivity index (χ1v) is 8.16. The maximum atomic E-state index is 5.87. The van der Waals surface area contributed by atoms with Gasteiger partial charge in [-0.1, -0.05) is 13.1 Å². The summed E-state index contributed by atoms with van der Waals surface area (Å²) < 4.78 is 0. The summed E-state index contributed by atoms with van der Waals surface area (Å²) in [6, 6.07) is 0. The average Bonchev–Trinajstić information content (AvgIpc) is 2.74. The molecule has 0 fully saturated rings. The molecule has 0 nitrogen and oxygen atoms in total. The molecule has 0 radical (unpaired) electrons. The Morgan fingerprint density at radius 2 is 1.88 bits per heavy atom. The monoisotopic (exact) mass is 340 g/mol. The predicted octanol–water partition coefficient (Wildman–Crippen LogP) is -2.42. The number of hydrogen-bond acceptors (Lipinski definition) is 0. The fraction of sp³-hybridized carbons (Fsp3) is 0.333. The van der Waals surface area contributed by atoms with Crippen LogP contribution in [0.25, 0.3) is 0 Å². The van der Waals surface area contributed by atoms with E-state index >= 15 is 0 Å². The molecule has 0 N–H and O–H groups in total. The molecule has 2 rings (SSSR count). The summed E-state index contributed by atoms with van der Waals surface area (Å²) in [6.07, 6.45) is 16.2. The fourth-order valence-electron chi connectivity index (χ4n) is 1.27. The SMILES string of the molecule is C[SiH](C)C1=[C-]CC=C1Cl.[C-]1=CC=CC1.[Cl-].[Cl-].[Ti+4]. The van der Waals surface area contributed by atoms with Crippen LogP contribution in [-0.2, 0) is 21.7 Å². The molecule has 92 valence electrons. The van der Waals surface area contributed by atoms with Gasteiger partial charge in [-0.2, -0.15) is 12.2 Å². The van der Waals surface area contributed by atoms with Crippen molar-refractivity contribution >= 4 is 20.4 Å². The summed E-state index contributed by atoms with van der Waals surface area (Å²) in [7, 11) is -0.676. The average molecular weight is 342 g/mol. The van der Waals surface area contributed by atoms with Crippen molar-refractivity contribution in [2.45, 2.75) is 25.9 Å². The molecule has 17 heavy (non-hydrogen) atoms. The van der Waals surface area contributed by atoms with Crippen LogP contribution in [0.5, 0.6) is 0 Å². The van der Waals surface area contributed by atoms with Crippen molar-refractivity contribution in [3.63, 3.8) is 0 Å². The van der Waals surface area contributed by atoms with E-state index in [1.807, 2.05) is 18.2 Å². The van der Waals surface area contributed by atoms with Crippen LogP contribution in [0.3, 0.4) is 0 Å². The topological polar surface area (TPSA) is 0 Å². The van der Waals surface area contributed by atoms with Gasteiger partial charge in [-0.05, 0) is 0 Å². The van der Waals surface area contributed by atoms with Crippen molar-refractivity contribution in [2.75, 3.05) is 0 Å². The minimum atomic E-state index is -0.676. The quantitative estimate of drug-likeness (QED) is 0.368. The molecule has 0 saturated carbocycles. The number of rotatable bonds is 1. The van der Waals surface area contributed by atoms with Crippen LogP contribution < -0.4 is 24.8 Å². The summed E-state index contributed by atoms with van der Waals surface area (Å²) >= 11 is 5.87. The molecule has 0 atom stereocenters. The molecule has 2 aliphatic carbocycles. The largest absolute Gasteiger partial charge is 4.00 e. The third kappa shape index (κ3) is 9.35.